The van der Waals surface area contributed by atoms with Crippen molar-refractivity contribution in [1.82, 2.24) is 25.1 Å². The Kier molecular flexibility index (Phi) is 7.62. The standard InChI is InChI=1S/C20H33N7O2/c1-16-14-27(15-17(16)18(28)29-3)19(21-2)22-8-5-9-25-10-12-26(13-11-25)20-23-6-4-7-24-20/h4,6-7,16-17H,5,8-15H2,1-3H3,(H,21,22). The van der Waals surface area contributed by atoms with E-state index in [0.29, 0.717) is 6.54 Å². The number of rotatable bonds is 6. The van der Waals surface area contributed by atoms with Gasteiger partial charge in [-0.1, -0.05) is 6.92 Å². The number of ether oxygens (including phenoxy) is 1. The third-order valence-corrected chi connectivity index (χ3v) is 5.77. The molecular weight excluding hydrogens is 370 g/mol. The summed E-state index contributed by atoms with van der Waals surface area (Å²) in [4.78, 5) is 31.9. The monoisotopic (exact) mass is 403 g/mol. The number of hydrogen-bond acceptors (Lipinski definition) is 7. The molecule has 1 N–H and O–H groups in total. The van der Waals surface area contributed by atoms with Crippen molar-refractivity contribution in [3.8, 4) is 0 Å². The second kappa shape index (κ2) is 10.4. The lowest BCUT2D eigenvalue weighted by molar-refractivity contribution is -0.145. The van der Waals surface area contributed by atoms with E-state index in [1.54, 1.807) is 19.4 Å². The van der Waals surface area contributed by atoms with Crippen molar-refractivity contribution in [3.05, 3.63) is 18.5 Å². The number of nitrogens with zero attached hydrogens (tertiary/aromatic N) is 6. The first-order valence-electron chi connectivity index (χ1n) is 10.4. The van der Waals surface area contributed by atoms with Crippen LogP contribution in [-0.4, -0.2) is 98.2 Å². The SMILES string of the molecule is CN=C(NCCCN1CCN(c2ncccn2)CC1)N1CC(C)C(C(=O)OC)C1. The van der Waals surface area contributed by atoms with Crippen LogP contribution in [-0.2, 0) is 9.53 Å². The van der Waals surface area contributed by atoms with Gasteiger partial charge in [-0.3, -0.25) is 14.7 Å². The van der Waals surface area contributed by atoms with Crippen molar-refractivity contribution in [2.24, 2.45) is 16.8 Å². The maximum absolute atomic E-state index is 11.9. The summed E-state index contributed by atoms with van der Waals surface area (Å²) in [5.41, 5.74) is 0. The molecule has 0 amide bonds. The average molecular weight is 404 g/mol. The summed E-state index contributed by atoms with van der Waals surface area (Å²) in [5.74, 6) is 1.75. The Morgan fingerprint density at radius 2 is 1.97 bits per heavy atom. The molecule has 2 atom stereocenters. The maximum atomic E-state index is 11.9. The molecule has 9 heteroatoms. The fourth-order valence-electron chi connectivity index (χ4n) is 4.06. The molecule has 0 spiro atoms. The third-order valence-electron chi connectivity index (χ3n) is 5.77. The number of carbonyl (C=O) groups is 1. The number of nitrogens with one attached hydrogen (secondary N) is 1. The number of likely N-dealkylation sites (tertiary alicyclic amines) is 1. The minimum atomic E-state index is -0.129. The van der Waals surface area contributed by atoms with Crippen LogP contribution in [0.2, 0.25) is 0 Å². The molecule has 2 aliphatic rings. The highest BCUT2D eigenvalue weighted by Gasteiger charge is 2.36. The molecule has 0 bridgehead atoms. The predicted molar refractivity (Wildman–Crippen MR) is 113 cm³/mol. The first-order valence-corrected chi connectivity index (χ1v) is 10.4. The quantitative estimate of drug-likeness (QED) is 0.314. The van der Waals surface area contributed by atoms with Crippen molar-refractivity contribution in [2.75, 3.05) is 71.4 Å². The molecule has 29 heavy (non-hydrogen) atoms. The summed E-state index contributed by atoms with van der Waals surface area (Å²) in [6, 6.07) is 1.85. The van der Waals surface area contributed by atoms with E-state index in [1.165, 1.54) is 7.11 Å². The lowest BCUT2D eigenvalue weighted by atomic mass is 9.99. The van der Waals surface area contributed by atoms with Gasteiger partial charge in [0, 0.05) is 65.3 Å². The van der Waals surface area contributed by atoms with Crippen LogP contribution < -0.4 is 10.2 Å². The summed E-state index contributed by atoms with van der Waals surface area (Å²) < 4.78 is 4.93. The van der Waals surface area contributed by atoms with Crippen LogP contribution in [0.5, 0.6) is 0 Å². The van der Waals surface area contributed by atoms with E-state index < -0.39 is 0 Å². The van der Waals surface area contributed by atoms with Gasteiger partial charge in [-0.05, 0) is 24.9 Å². The number of hydrogen-bond donors (Lipinski definition) is 1. The summed E-state index contributed by atoms with van der Waals surface area (Å²) >= 11 is 0. The van der Waals surface area contributed by atoms with E-state index in [9.17, 15) is 4.79 Å². The molecule has 0 saturated carbocycles. The summed E-state index contributed by atoms with van der Waals surface area (Å²) in [5, 5.41) is 3.45. The molecule has 2 aliphatic heterocycles. The summed E-state index contributed by atoms with van der Waals surface area (Å²) in [7, 11) is 3.25. The van der Waals surface area contributed by atoms with Gasteiger partial charge in [0.05, 0.1) is 13.0 Å². The van der Waals surface area contributed by atoms with Crippen molar-refractivity contribution in [1.29, 1.82) is 0 Å². The average Bonchev–Trinajstić information content (AvgIpc) is 3.15. The van der Waals surface area contributed by atoms with Gasteiger partial charge in [-0.25, -0.2) is 9.97 Å². The Morgan fingerprint density at radius 3 is 2.62 bits per heavy atom. The van der Waals surface area contributed by atoms with Crippen molar-refractivity contribution < 1.29 is 9.53 Å². The molecule has 0 aromatic carbocycles. The van der Waals surface area contributed by atoms with E-state index in [2.05, 4.69) is 41.9 Å². The zero-order valence-corrected chi connectivity index (χ0v) is 17.8. The highest BCUT2D eigenvalue weighted by molar-refractivity contribution is 5.82. The lowest BCUT2D eigenvalue weighted by Gasteiger charge is -2.34. The summed E-state index contributed by atoms with van der Waals surface area (Å²) in [6.45, 7) is 9.46. The molecule has 1 aromatic rings. The fourth-order valence-corrected chi connectivity index (χ4v) is 4.06. The molecule has 2 fully saturated rings. The molecule has 3 rings (SSSR count). The van der Waals surface area contributed by atoms with Crippen LogP contribution >= 0.6 is 0 Å². The van der Waals surface area contributed by atoms with Crippen molar-refractivity contribution in [3.63, 3.8) is 0 Å². The van der Waals surface area contributed by atoms with Crippen LogP contribution in [0.4, 0.5) is 5.95 Å². The van der Waals surface area contributed by atoms with Crippen LogP contribution in [0.3, 0.4) is 0 Å². The molecule has 0 radical (unpaired) electrons. The minimum absolute atomic E-state index is 0.0801. The molecule has 0 aliphatic carbocycles. The number of carbonyl (C=O) groups excluding carboxylic acids is 1. The molecule has 9 nitrogen and oxygen atoms in total. The van der Waals surface area contributed by atoms with Crippen LogP contribution in [0.25, 0.3) is 0 Å². The van der Waals surface area contributed by atoms with Gasteiger partial charge >= 0.3 is 5.97 Å². The second-order valence-corrected chi connectivity index (χ2v) is 7.72. The smallest absolute Gasteiger partial charge is 0.310 e. The minimum Gasteiger partial charge on any atom is -0.469 e. The molecule has 1 aromatic heterocycles. The number of esters is 1. The zero-order chi connectivity index (χ0) is 20.6. The Morgan fingerprint density at radius 1 is 1.24 bits per heavy atom. The molecule has 3 heterocycles. The first-order chi connectivity index (χ1) is 14.1. The highest BCUT2D eigenvalue weighted by atomic mass is 16.5. The predicted octanol–water partition coefficient (Wildman–Crippen LogP) is 0.305. The number of methoxy groups -OCH3 is 1. The number of anilines is 1. The Labute approximate surface area is 173 Å². The van der Waals surface area contributed by atoms with Gasteiger partial charge in [0.25, 0.3) is 0 Å². The largest absolute Gasteiger partial charge is 0.469 e. The van der Waals surface area contributed by atoms with Gasteiger partial charge in [0.1, 0.15) is 0 Å². The van der Waals surface area contributed by atoms with Crippen LogP contribution in [0.1, 0.15) is 13.3 Å². The topological polar surface area (TPSA) is 86.2 Å². The number of aromatic nitrogens is 2. The van der Waals surface area contributed by atoms with Crippen LogP contribution in [0, 0.1) is 11.8 Å². The van der Waals surface area contributed by atoms with Gasteiger partial charge < -0.3 is 19.9 Å². The van der Waals surface area contributed by atoms with Crippen LogP contribution in [0.15, 0.2) is 23.5 Å². The second-order valence-electron chi connectivity index (χ2n) is 7.72. The highest BCUT2D eigenvalue weighted by Crippen LogP contribution is 2.24. The van der Waals surface area contributed by atoms with E-state index >= 15 is 0 Å². The summed E-state index contributed by atoms with van der Waals surface area (Å²) in [6.07, 6.45) is 4.63. The fraction of sp³-hybridized carbons (Fsp3) is 0.700. The Hall–Kier alpha value is -2.42. The normalized spacial score (nSPS) is 23.3. The number of piperazine rings is 1. The zero-order valence-electron chi connectivity index (χ0n) is 17.8. The van der Waals surface area contributed by atoms with Gasteiger partial charge in [0.15, 0.2) is 5.96 Å². The van der Waals surface area contributed by atoms with Gasteiger partial charge in [0.2, 0.25) is 5.95 Å². The van der Waals surface area contributed by atoms with E-state index in [4.69, 9.17) is 4.74 Å². The van der Waals surface area contributed by atoms with Crippen molar-refractivity contribution >= 4 is 17.9 Å². The van der Waals surface area contributed by atoms with E-state index in [-0.39, 0.29) is 17.8 Å². The van der Waals surface area contributed by atoms with E-state index in [1.807, 2.05) is 6.07 Å². The Bertz CT molecular complexity index is 677. The van der Waals surface area contributed by atoms with Gasteiger partial charge in [-0.15, -0.1) is 0 Å². The Balaban J connectivity index is 1.35. The van der Waals surface area contributed by atoms with E-state index in [0.717, 1.165) is 64.1 Å². The maximum Gasteiger partial charge on any atom is 0.310 e. The van der Waals surface area contributed by atoms with Gasteiger partial charge in [-0.2, -0.15) is 0 Å². The molecular formula is C20H33N7O2. The molecule has 2 saturated heterocycles. The lowest BCUT2D eigenvalue weighted by Crippen LogP contribution is -2.48. The first kappa shape index (κ1) is 21.3. The molecule has 160 valence electrons. The number of guanidine groups is 1. The third kappa shape index (κ3) is 5.56. The number of aliphatic imine (C=N–C) groups is 1. The molecule has 2 unspecified atom stereocenters. The van der Waals surface area contributed by atoms with Crippen molar-refractivity contribution in [2.45, 2.75) is 13.3 Å².